The highest BCUT2D eigenvalue weighted by Gasteiger charge is 2.47. The van der Waals surface area contributed by atoms with E-state index < -0.39 is 47.6 Å². The van der Waals surface area contributed by atoms with Gasteiger partial charge in [-0.05, 0) is 108 Å². The van der Waals surface area contributed by atoms with Gasteiger partial charge in [0.05, 0.1) is 6.10 Å². The number of hydrogen-bond acceptors (Lipinski definition) is 11. The number of allylic oxidation sites excluding steroid dienone is 6. The normalized spacial score (nSPS) is 23.0. The van der Waals surface area contributed by atoms with Crippen LogP contribution in [-0.2, 0) is 33.4 Å². The number of nitrogens with zero attached hydrogens (tertiary/aromatic N) is 1. The number of amides is 1. The average Bonchev–Trinajstić information content (AvgIpc) is 3.27. The molecule has 12 nitrogen and oxygen atoms in total. The highest BCUT2D eigenvalue weighted by molar-refractivity contribution is 7.99. The van der Waals surface area contributed by atoms with Gasteiger partial charge in [-0.1, -0.05) is 102 Å². The third-order valence-corrected chi connectivity index (χ3v) is 14.8. The van der Waals surface area contributed by atoms with E-state index in [1.807, 2.05) is 51.3 Å². The Kier molecular flexibility index (Phi) is 25.9. The molecule has 4 N–H and O–H groups in total. The van der Waals surface area contributed by atoms with Crippen molar-refractivity contribution in [2.24, 2.45) is 35.5 Å². The van der Waals surface area contributed by atoms with Crippen LogP contribution < -0.4 is 0 Å². The van der Waals surface area contributed by atoms with Gasteiger partial charge in [-0.25, -0.2) is 4.79 Å². The van der Waals surface area contributed by atoms with Crippen molar-refractivity contribution in [2.45, 2.75) is 180 Å². The number of ether oxygens (including phenoxy) is 2. The van der Waals surface area contributed by atoms with Gasteiger partial charge in [0.15, 0.2) is 5.78 Å². The molecule has 1 amide bonds. The summed E-state index contributed by atoms with van der Waals surface area (Å²) in [6.07, 6.45) is 23.5. The molecule has 0 bridgehead atoms. The second-order valence-electron chi connectivity index (χ2n) is 19.0. The van der Waals surface area contributed by atoms with Gasteiger partial charge in [0, 0.05) is 50.2 Å². The number of hydrogen-bond donors (Lipinski definition) is 4. The maximum atomic E-state index is 13.5. The Morgan fingerprint density at radius 2 is 1.56 bits per heavy atom. The first-order chi connectivity index (χ1) is 30.2. The molecule has 2 rings (SSSR count). The number of carbonyl (C=O) groups is 5. The fourth-order valence-corrected chi connectivity index (χ4v) is 10.2. The van der Waals surface area contributed by atoms with Crippen LogP contribution in [0.15, 0.2) is 47.6 Å². The second-order valence-corrected chi connectivity index (χ2v) is 20.1. The van der Waals surface area contributed by atoms with Crippen LogP contribution in [0.1, 0.15) is 145 Å². The lowest BCUT2D eigenvalue weighted by Crippen LogP contribution is -2.57. The van der Waals surface area contributed by atoms with E-state index in [1.165, 1.54) is 32.4 Å². The Balaban J connectivity index is 1.82. The molecule has 1 heterocycles. The number of thioether (sulfide) groups is 1. The fourth-order valence-electron chi connectivity index (χ4n) is 9.32. The lowest BCUT2D eigenvalue weighted by Gasteiger charge is -2.35. The number of ketones is 3. The number of piperidine rings is 1. The number of aliphatic hydroxyl groups excluding tert-OH is 1. The monoisotopic (exact) mass is 918 g/mol. The summed E-state index contributed by atoms with van der Waals surface area (Å²) in [5, 5.41) is 42.2. The molecule has 0 spiro atoms. The number of aliphatic hydroxyl groups is 3. The Morgan fingerprint density at radius 1 is 0.875 bits per heavy atom. The molecule has 1 aliphatic carbocycles. The average molecular weight is 918 g/mol. The minimum atomic E-state index is -2.88. The van der Waals surface area contributed by atoms with Crippen LogP contribution in [0.3, 0.4) is 0 Å². The number of aliphatic carboxylic acids is 1. The molecule has 1 saturated carbocycles. The van der Waals surface area contributed by atoms with Gasteiger partial charge >= 0.3 is 5.97 Å². The summed E-state index contributed by atoms with van der Waals surface area (Å²) in [5.74, 6) is -7.17. The number of Topliss-reactive ketones (excluding diaryl/α,β-unsaturated/α-hetero) is 3. The molecule has 64 heavy (non-hydrogen) atoms. The summed E-state index contributed by atoms with van der Waals surface area (Å²) in [4.78, 5) is 64.8. The molecule has 2 aliphatic rings. The first-order valence-electron chi connectivity index (χ1n) is 23.8. The van der Waals surface area contributed by atoms with Crippen LogP contribution in [-0.4, -0.2) is 117 Å². The van der Waals surface area contributed by atoms with E-state index in [0.717, 1.165) is 43.4 Å². The molecule has 1 saturated heterocycles. The van der Waals surface area contributed by atoms with Gasteiger partial charge < -0.3 is 34.8 Å². The predicted octanol–water partition coefficient (Wildman–Crippen LogP) is 8.46. The standard InChI is InChI=1S/C51H83NO11S/c1-33(29-37(5)45(54)47(63-9)46(55)38(6)31-36(4)43(53)27-26-34(2)30-40-22-18-23-41(32-40)62-8)19-12-11-13-20-35(3)44(64-10)25-15-14-21-39(7)51(60,61)48(56)49(57)52-28-17-16-24-42(52)50(58)59/h11-13,19-20,31,33-34,36-37,39-42,44,46-47,55,60-61H,14-18,21-30,32H2,1-10H3,(H,58,59)/b13-11+,19-12+,35-20+,38-31+/t33-,34+,36-,37-,39-,40+,41+,42+,44-,46-,47?/m1/s1. The Hall–Kier alpha value is -2.94. The summed E-state index contributed by atoms with van der Waals surface area (Å²) >= 11 is 1.71. The Morgan fingerprint density at radius 3 is 2.20 bits per heavy atom. The molecule has 0 radical (unpaired) electrons. The first-order valence-corrected chi connectivity index (χ1v) is 25.0. The zero-order chi connectivity index (χ0) is 48.1. The lowest BCUT2D eigenvalue weighted by molar-refractivity contribution is -0.205. The van der Waals surface area contributed by atoms with E-state index in [0.29, 0.717) is 62.0 Å². The van der Waals surface area contributed by atoms with Crippen molar-refractivity contribution in [2.75, 3.05) is 27.0 Å². The number of carbonyl (C=O) groups excluding carboxylic acids is 4. The van der Waals surface area contributed by atoms with E-state index >= 15 is 0 Å². The van der Waals surface area contributed by atoms with Crippen molar-refractivity contribution in [3.8, 4) is 0 Å². The van der Waals surface area contributed by atoms with Crippen molar-refractivity contribution in [3.05, 3.63) is 47.6 Å². The SMILES string of the molecule is COC(C(=O)[C@H](C)C[C@H](C)/C=C/C=C/C=C(\C)[C@@H](CCCC[C@@H](C)C(O)(O)C(=O)C(=O)N1CCCC[C@H]1C(=O)O)SC)[C@H](O)/C(C)=C/[C@@H](C)C(=O)CC[C@H](C)C[C@@H]1CCC[C@H](OC)C1. The molecule has 2 fully saturated rings. The van der Waals surface area contributed by atoms with Crippen molar-refractivity contribution in [1.29, 1.82) is 0 Å². The van der Waals surface area contributed by atoms with Gasteiger partial charge in [-0.3, -0.25) is 19.2 Å². The first kappa shape index (κ1) is 57.2. The van der Waals surface area contributed by atoms with E-state index in [4.69, 9.17) is 9.47 Å². The van der Waals surface area contributed by atoms with E-state index in [-0.39, 0.29) is 47.5 Å². The summed E-state index contributed by atoms with van der Waals surface area (Å²) < 4.78 is 11.1. The Labute approximate surface area is 388 Å². The third-order valence-electron chi connectivity index (χ3n) is 13.6. The van der Waals surface area contributed by atoms with Crippen molar-refractivity contribution in [1.82, 2.24) is 4.90 Å². The highest BCUT2D eigenvalue weighted by atomic mass is 32.2. The number of carboxylic acid groups (broad SMARTS) is 1. The number of rotatable bonds is 29. The van der Waals surface area contributed by atoms with Crippen molar-refractivity contribution < 1.29 is 53.9 Å². The molecule has 0 aromatic rings. The van der Waals surface area contributed by atoms with Crippen molar-refractivity contribution >= 4 is 41.0 Å². The lowest BCUT2D eigenvalue weighted by atomic mass is 9.80. The largest absolute Gasteiger partial charge is 0.480 e. The van der Waals surface area contributed by atoms with Crippen LogP contribution in [0.2, 0.25) is 0 Å². The fraction of sp³-hybridized carbons (Fsp3) is 0.745. The number of likely N-dealkylation sites (tertiary alicyclic amines) is 1. The van der Waals surface area contributed by atoms with Gasteiger partial charge in [0.1, 0.15) is 24.0 Å². The quantitative estimate of drug-likeness (QED) is 0.0185. The highest BCUT2D eigenvalue weighted by Crippen LogP contribution is 2.33. The number of methoxy groups -OCH3 is 2. The van der Waals surface area contributed by atoms with Crippen LogP contribution in [0, 0.1) is 35.5 Å². The topological polar surface area (TPSA) is 188 Å². The van der Waals surface area contributed by atoms with E-state index in [1.54, 1.807) is 31.9 Å². The molecular weight excluding hydrogens is 835 g/mol. The van der Waals surface area contributed by atoms with E-state index in [9.17, 15) is 44.4 Å². The zero-order valence-corrected chi connectivity index (χ0v) is 41.4. The van der Waals surface area contributed by atoms with Gasteiger partial charge in [0.2, 0.25) is 5.79 Å². The molecule has 13 heteroatoms. The third kappa shape index (κ3) is 18.4. The van der Waals surface area contributed by atoms with Crippen LogP contribution in [0.4, 0.5) is 0 Å². The molecular formula is C51H83NO11S. The van der Waals surface area contributed by atoms with Crippen molar-refractivity contribution in [3.63, 3.8) is 0 Å². The van der Waals surface area contributed by atoms with Gasteiger partial charge in [-0.2, -0.15) is 11.8 Å². The predicted molar refractivity (Wildman–Crippen MR) is 255 cm³/mol. The van der Waals surface area contributed by atoms with Crippen LogP contribution in [0.5, 0.6) is 0 Å². The molecule has 364 valence electrons. The molecule has 1 unspecified atom stereocenters. The maximum absolute atomic E-state index is 13.5. The second kappa shape index (κ2) is 29.0. The van der Waals surface area contributed by atoms with Gasteiger partial charge in [-0.15, -0.1) is 0 Å². The zero-order valence-electron chi connectivity index (χ0n) is 40.6. The number of carboxylic acids is 1. The van der Waals surface area contributed by atoms with Crippen LogP contribution in [0.25, 0.3) is 0 Å². The molecule has 1 aliphatic heterocycles. The van der Waals surface area contributed by atoms with Gasteiger partial charge in [0.25, 0.3) is 11.7 Å². The molecule has 11 atom stereocenters. The summed E-state index contributed by atoms with van der Waals surface area (Å²) in [6, 6.07) is -1.15. The minimum Gasteiger partial charge on any atom is -0.480 e. The molecule has 0 aromatic heterocycles. The summed E-state index contributed by atoms with van der Waals surface area (Å²) in [7, 11) is 3.22. The minimum absolute atomic E-state index is 0.0808. The maximum Gasteiger partial charge on any atom is 0.326 e. The molecule has 0 aromatic carbocycles. The van der Waals surface area contributed by atoms with Crippen LogP contribution >= 0.6 is 11.8 Å². The van der Waals surface area contributed by atoms with E-state index in [2.05, 4.69) is 19.9 Å². The smallest absolute Gasteiger partial charge is 0.326 e. The number of unbranched alkanes of at least 4 members (excludes halogenated alkanes) is 1. The summed E-state index contributed by atoms with van der Waals surface area (Å²) in [5.41, 5.74) is 1.72. The summed E-state index contributed by atoms with van der Waals surface area (Å²) in [6.45, 7) is 13.4. The Bertz CT molecular complexity index is 1620.